The molecule has 0 saturated heterocycles. The van der Waals surface area contributed by atoms with Crippen molar-refractivity contribution < 1.29 is 14.8 Å². The van der Waals surface area contributed by atoms with E-state index in [1.165, 1.54) is 11.0 Å². The number of phenolic OH excluding ortho intramolecular Hbond substituents is 1. The molecule has 3 rings (SSSR count). The van der Waals surface area contributed by atoms with Gasteiger partial charge in [-0.3, -0.25) is 14.9 Å². The van der Waals surface area contributed by atoms with Gasteiger partial charge in [-0.15, -0.1) is 0 Å². The summed E-state index contributed by atoms with van der Waals surface area (Å²) in [6.07, 6.45) is 1.13. The van der Waals surface area contributed by atoms with Crippen LogP contribution in [0.25, 0.3) is 6.08 Å². The minimum Gasteiger partial charge on any atom is -0.508 e. The van der Waals surface area contributed by atoms with E-state index in [9.17, 15) is 25.3 Å². The minimum absolute atomic E-state index is 0.0300. The average Bonchev–Trinajstić information content (AvgIpc) is 2.76. The number of rotatable bonds is 6. The van der Waals surface area contributed by atoms with Crippen LogP contribution in [0.3, 0.4) is 0 Å². The zero-order chi connectivity index (χ0) is 21.5. The van der Waals surface area contributed by atoms with Crippen molar-refractivity contribution >= 4 is 23.4 Å². The second-order valence-corrected chi connectivity index (χ2v) is 6.38. The number of carbonyl (C=O) groups excluding carboxylic acids is 1. The number of nitriles is 1. The maximum atomic E-state index is 13.3. The van der Waals surface area contributed by atoms with Gasteiger partial charge in [-0.05, 0) is 35.9 Å². The number of aromatic hydroxyl groups is 1. The molecule has 0 aliphatic heterocycles. The van der Waals surface area contributed by atoms with Gasteiger partial charge >= 0.3 is 0 Å². The van der Waals surface area contributed by atoms with Crippen LogP contribution >= 0.6 is 0 Å². The van der Waals surface area contributed by atoms with Crippen molar-refractivity contribution in [1.82, 2.24) is 0 Å². The molecule has 30 heavy (non-hydrogen) atoms. The Morgan fingerprint density at radius 2 is 1.70 bits per heavy atom. The normalized spacial score (nSPS) is 10.8. The molecule has 0 bridgehead atoms. The van der Waals surface area contributed by atoms with E-state index in [1.54, 1.807) is 24.3 Å². The molecule has 1 N–H and O–H groups in total. The van der Waals surface area contributed by atoms with Crippen molar-refractivity contribution in [3.05, 3.63) is 106 Å². The fraction of sp³-hybridized carbons (Fsp3) is 0.0435. The second kappa shape index (κ2) is 9.17. The lowest BCUT2D eigenvalue weighted by molar-refractivity contribution is -0.385. The Balaban J connectivity index is 2.04. The number of nitro benzene ring substituents is 1. The lowest BCUT2D eigenvalue weighted by atomic mass is 10.1. The summed E-state index contributed by atoms with van der Waals surface area (Å²) in [6.45, 7) is 0.213. The lowest BCUT2D eigenvalue weighted by Crippen LogP contribution is -2.31. The van der Waals surface area contributed by atoms with Crippen LogP contribution in [0.5, 0.6) is 5.75 Å². The van der Waals surface area contributed by atoms with Gasteiger partial charge in [0.2, 0.25) is 0 Å². The number of hydrogen-bond donors (Lipinski definition) is 1. The predicted octanol–water partition coefficient (Wildman–Crippen LogP) is 4.44. The summed E-state index contributed by atoms with van der Waals surface area (Å²) >= 11 is 0. The molecular formula is C23H17N3O4. The third-order valence-corrected chi connectivity index (χ3v) is 4.36. The summed E-state index contributed by atoms with van der Waals surface area (Å²) in [4.78, 5) is 25.3. The van der Waals surface area contributed by atoms with E-state index in [0.717, 1.165) is 23.8 Å². The van der Waals surface area contributed by atoms with Crippen molar-refractivity contribution in [1.29, 1.82) is 5.26 Å². The molecular weight excluding hydrogens is 382 g/mol. The van der Waals surface area contributed by atoms with Crippen molar-refractivity contribution in [3.8, 4) is 11.8 Å². The first kappa shape index (κ1) is 20.3. The molecule has 3 aromatic rings. The maximum Gasteiger partial charge on any atom is 0.276 e. The molecule has 0 aliphatic carbocycles. The van der Waals surface area contributed by atoms with Crippen molar-refractivity contribution in [2.75, 3.05) is 4.90 Å². The Morgan fingerprint density at radius 1 is 1.07 bits per heavy atom. The van der Waals surface area contributed by atoms with E-state index in [4.69, 9.17) is 0 Å². The first-order chi connectivity index (χ1) is 14.5. The Bertz CT molecular complexity index is 1140. The number of benzene rings is 3. The fourth-order valence-electron chi connectivity index (χ4n) is 2.92. The zero-order valence-electron chi connectivity index (χ0n) is 15.8. The quantitative estimate of drug-likeness (QED) is 0.285. The molecule has 1 amide bonds. The van der Waals surface area contributed by atoms with E-state index in [2.05, 4.69) is 0 Å². The number of anilines is 1. The van der Waals surface area contributed by atoms with E-state index in [0.29, 0.717) is 5.69 Å². The van der Waals surface area contributed by atoms with Crippen molar-refractivity contribution in [2.24, 2.45) is 0 Å². The Morgan fingerprint density at radius 3 is 2.30 bits per heavy atom. The van der Waals surface area contributed by atoms with Crippen LogP contribution in [0.1, 0.15) is 11.1 Å². The van der Waals surface area contributed by atoms with Gasteiger partial charge in [-0.25, -0.2) is 0 Å². The number of carbonyl (C=O) groups is 1. The highest BCUT2D eigenvalue weighted by Gasteiger charge is 2.22. The first-order valence-corrected chi connectivity index (χ1v) is 8.99. The van der Waals surface area contributed by atoms with Gasteiger partial charge < -0.3 is 10.0 Å². The summed E-state index contributed by atoms with van der Waals surface area (Å²) in [6, 6.07) is 23.4. The monoisotopic (exact) mass is 399 g/mol. The molecule has 0 atom stereocenters. The van der Waals surface area contributed by atoms with Gasteiger partial charge in [-0.1, -0.05) is 48.5 Å². The summed E-state index contributed by atoms with van der Waals surface area (Å²) in [7, 11) is 0. The summed E-state index contributed by atoms with van der Waals surface area (Å²) in [5.74, 6) is -0.814. The highest BCUT2D eigenvalue weighted by Crippen LogP contribution is 2.27. The second-order valence-electron chi connectivity index (χ2n) is 6.38. The van der Waals surface area contributed by atoms with E-state index in [1.807, 2.05) is 42.5 Å². The molecule has 0 radical (unpaired) electrons. The van der Waals surface area contributed by atoms with Crippen molar-refractivity contribution in [3.63, 3.8) is 0 Å². The number of nitrogens with zero attached hydrogens (tertiary/aromatic N) is 3. The Labute approximate surface area is 172 Å². The van der Waals surface area contributed by atoms with Crippen LogP contribution in [-0.4, -0.2) is 15.9 Å². The maximum absolute atomic E-state index is 13.3. The van der Waals surface area contributed by atoms with E-state index in [-0.39, 0.29) is 29.1 Å². The van der Waals surface area contributed by atoms with Crippen LogP contribution in [-0.2, 0) is 11.3 Å². The highest BCUT2D eigenvalue weighted by molar-refractivity contribution is 6.11. The molecule has 0 heterocycles. The molecule has 7 nitrogen and oxygen atoms in total. The average molecular weight is 399 g/mol. The van der Waals surface area contributed by atoms with Crippen LogP contribution < -0.4 is 4.90 Å². The zero-order valence-corrected chi connectivity index (χ0v) is 15.8. The predicted molar refractivity (Wildman–Crippen MR) is 112 cm³/mol. The minimum atomic E-state index is -0.635. The molecule has 7 heteroatoms. The number of hydrogen-bond acceptors (Lipinski definition) is 5. The van der Waals surface area contributed by atoms with Gasteiger partial charge in [0.15, 0.2) is 0 Å². The summed E-state index contributed by atoms with van der Waals surface area (Å²) < 4.78 is 0. The SMILES string of the molecule is N#CC(=Cc1cc(O)ccc1[N+](=O)[O-])C(=O)N(Cc1ccccc1)c1ccccc1. The third kappa shape index (κ3) is 4.69. The standard InChI is InChI=1S/C23H17N3O4/c24-15-19(13-18-14-21(27)11-12-22(18)26(29)30)23(28)25(20-9-5-2-6-10-20)16-17-7-3-1-4-8-17/h1-14,27H,16H2. The summed E-state index contributed by atoms with van der Waals surface area (Å²) in [5.41, 5.74) is 0.803. The molecule has 0 spiro atoms. The fourth-order valence-corrected chi connectivity index (χ4v) is 2.92. The van der Waals surface area contributed by atoms with Crippen LogP contribution in [0.15, 0.2) is 84.4 Å². The molecule has 148 valence electrons. The van der Waals surface area contributed by atoms with Crippen LogP contribution in [0.4, 0.5) is 11.4 Å². The third-order valence-electron chi connectivity index (χ3n) is 4.36. The molecule has 3 aromatic carbocycles. The molecule has 0 unspecified atom stereocenters. The van der Waals surface area contributed by atoms with Gasteiger partial charge in [0.1, 0.15) is 17.4 Å². The topological polar surface area (TPSA) is 107 Å². The van der Waals surface area contributed by atoms with Gasteiger partial charge in [0, 0.05) is 11.8 Å². The number of phenols is 1. The van der Waals surface area contributed by atoms with Gasteiger partial charge in [0.25, 0.3) is 11.6 Å². The lowest BCUT2D eigenvalue weighted by Gasteiger charge is -2.22. The number of para-hydroxylation sites is 1. The summed E-state index contributed by atoms with van der Waals surface area (Å²) in [5, 5.41) is 30.6. The molecule has 0 fully saturated rings. The first-order valence-electron chi connectivity index (χ1n) is 8.99. The number of amides is 1. The smallest absolute Gasteiger partial charge is 0.276 e. The van der Waals surface area contributed by atoms with Gasteiger partial charge in [0.05, 0.1) is 17.0 Å². The van der Waals surface area contributed by atoms with Crippen LogP contribution in [0.2, 0.25) is 0 Å². The Kier molecular flexibility index (Phi) is 6.20. The van der Waals surface area contributed by atoms with Crippen LogP contribution in [0, 0.1) is 21.4 Å². The molecule has 0 aromatic heterocycles. The van der Waals surface area contributed by atoms with Gasteiger partial charge in [-0.2, -0.15) is 5.26 Å². The molecule has 0 saturated carbocycles. The Hall–Kier alpha value is -4.44. The molecule has 0 aliphatic rings. The largest absolute Gasteiger partial charge is 0.508 e. The number of nitro groups is 1. The van der Waals surface area contributed by atoms with E-state index < -0.39 is 10.8 Å². The highest BCUT2D eigenvalue weighted by atomic mass is 16.6. The van der Waals surface area contributed by atoms with Crippen molar-refractivity contribution in [2.45, 2.75) is 6.54 Å². The van der Waals surface area contributed by atoms with E-state index >= 15 is 0 Å².